The molecule has 5 nitrogen and oxygen atoms in total. The Hall–Kier alpha value is -3.73. The quantitative estimate of drug-likeness (QED) is 0.592. The molecule has 0 atom stereocenters. The second-order valence-corrected chi connectivity index (χ2v) is 6.11. The number of pyridine rings is 1. The smallest absolute Gasteiger partial charge is 0.253 e. The highest BCUT2D eigenvalue weighted by atomic mass is 16.1. The topological polar surface area (TPSA) is 59.8 Å². The third-order valence-electron chi connectivity index (χ3n) is 4.22. The number of hydrogen-bond donors (Lipinski definition) is 1. The zero-order chi connectivity index (χ0) is 18.5. The summed E-state index contributed by atoms with van der Waals surface area (Å²) in [4.78, 5) is 16.7. The van der Waals surface area contributed by atoms with E-state index in [2.05, 4.69) is 15.4 Å². The molecule has 2 aromatic heterocycles. The van der Waals surface area contributed by atoms with Crippen LogP contribution in [-0.4, -0.2) is 20.7 Å². The minimum atomic E-state index is -0.141. The highest BCUT2D eigenvalue weighted by Crippen LogP contribution is 2.18. The number of nitrogens with zero attached hydrogens (tertiary/aromatic N) is 3. The van der Waals surface area contributed by atoms with E-state index in [1.807, 2.05) is 72.9 Å². The Morgan fingerprint density at radius 2 is 1.63 bits per heavy atom. The molecule has 132 valence electrons. The average Bonchev–Trinajstić information content (AvgIpc) is 3.24. The van der Waals surface area contributed by atoms with E-state index in [0.717, 1.165) is 22.5 Å². The largest absolute Gasteiger partial charge is 0.348 e. The van der Waals surface area contributed by atoms with Gasteiger partial charge in [0.15, 0.2) is 0 Å². The van der Waals surface area contributed by atoms with Crippen molar-refractivity contribution in [3.63, 3.8) is 0 Å². The van der Waals surface area contributed by atoms with Crippen LogP contribution in [0.15, 0.2) is 91.4 Å². The second-order valence-electron chi connectivity index (χ2n) is 6.11. The summed E-state index contributed by atoms with van der Waals surface area (Å²) < 4.78 is 1.80. The van der Waals surface area contributed by atoms with Gasteiger partial charge in [0.1, 0.15) is 0 Å². The van der Waals surface area contributed by atoms with Crippen molar-refractivity contribution in [3.05, 3.63) is 103 Å². The fraction of sp³-hybridized carbons (Fsp3) is 0.0455. The lowest BCUT2D eigenvalue weighted by molar-refractivity contribution is 0.0950. The third kappa shape index (κ3) is 3.93. The molecule has 0 saturated carbocycles. The van der Waals surface area contributed by atoms with E-state index in [4.69, 9.17) is 0 Å². The molecule has 2 heterocycles. The van der Waals surface area contributed by atoms with Crippen LogP contribution < -0.4 is 5.32 Å². The summed E-state index contributed by atoms with van der Waals surface area (Å²) in [6.45, 7) is 0.491. The van der Waals surface area contributed by atoms with E-state index in [-0.39, 0.29) is 5.91 Å². The molecule has 0 spiro atoms. The normalized spacial score (nSPS) is 10.5. The van der Waals surface area contributed by atoms with Gasteiger partial charge in [0.2, 0.25) is 0 Å². The minimum absolute atomic E-state index is 0.141. The molecule has 2 aromatic carbocycles. The molecule has 0 radical (unpaired) electrons. The summed E-state index contributed by atoms with van der Waals surface area (Å²) in [5.74, 6) is -0.141. The van der Waals surface area contributed by atoms with Gasteiger partial charge in [-0.2, -0.15) is 5.10 Å². The van der Waals surface area contributed by atoms with Crippen LogP contribution in [-0.2, 0) is 6.54 Å². The van der Waals surface area contributed by atoms with E-state index >= 15 is 0 Å². The Morgan fingerprint density at radius 3 is 2.33 bits per heavy atom. The van der Waals surface area contributed by atoms with Crippen molar-refractivity contribution in [1.82, 2.24) is 20.1 Å². The van der Waals surface area contributed by atoms with Crippen LogP contribution in [0, 0.1) is 0 Å². The van der Waals surface area contributed by atoms with Crippen LogP contribution in [0.4, 0.5) is 0 Å². The van der Waals surface area contributed by atoms with Crippen LogP contribution >= 0.6 is 0 Å². The number of nitrogens with one attached hydrogen (secondary N) is 1. The van der Waals surface area contributed by atoms with Crippen LogP contribution in [0.2, 0.25) is 0 Å². The molecule has 1 amide bonds. The molecule has 0 bridgehead atoms. The van der Waals surface area contributed by atoms with Crippen molar-refractivity contribution in [2.75, 3.05) is 0 Å². The maximum atomic E-state index is 12.3. The molecular weight excluding hydrogens is 336 g/mol. The van der Waals surface area contributed by atoms with Gasteiger partial charge in [-0.3, -0.25) is 9.78 Å². The fourth-order valence-electron chi connectivity index (χ4n) is 2.76. The molecule has 1 N–H and O–H groups in total. The Balaban J connectivity index is 1.44. The van der Waals surface area contributed by atoms with Crippen molar-refractivity contribution < 1.29 is 4.79 Å². The SMILES string of the molecule is O=C(NCc1ccccc1)c1ccc(-c2cnn(-c3ccccc3)c2)nc1. The van der Waals surface area contributed by atoms with E-state index in [1.165, 1.54) is 0 Å². The van der Waals surface area contributed by atoms with Crippen LogP contribution in [0.25, 0.3) is 16.9 Å². The molecule has 4 rings (SSSR count). The number of aromatic nitrogens is 3. The number of para-hydroxylation sites is 1. The van der Waals surface area contributed by atoms with Gasteiger partial charge in [-0.25, -0.2) is 4.68 Å². The standard InChI is InChI=1S/C22H18N4O/c27-22(24-13-17-7-3-1-4-8-17)18-11-12-21(23-14-18)19-15-25-26(16-19)20-9-5-2-6-10-20/h1-12,14-16H,13H2,(H,24,27). The Morgan fingerprint density at radius 1 is 0.889 bits per heavy atom. The van der Waals surface area contributed by atoms with Gasteiger partial charge in [-0.05, 0) is 29.8 Å². The van der Waals surface area contributed by atoms with E-state index in [1.54, 1.807) is 23.1 Å². The first-order valence-corrected chi connectivity index (χ1v) is 8.68. The summed E-state index contributed by atoms with van der Waals surface area (Å²) >= 11 is 0. The van der Waals surface area contributed by atoms with Gasteiger partial charge in [-0.1, -0.05) is 48.5 Å². The minimum Gasteiger partial charge on any atom is -0.348 e. The molecule has 0 unspecified atom stereocenters. The zero-order valence-electron chi connectivity index (χ0n) is 14.6. The molecule has 5 heteroatoms. The molecule has 0 fully saturated rings. The van der Waals surface area contributed by atoms with Gasteiger partial charge < -0.3 is 5.32 Å². The van der Waals surface area contributed by atoms with E-state index in [9.17, 15) is 4.79 Å². The first-order valence-electron chi connectivity index (χ1n) is 8.68. The molecule has 27 heavy (non-hydrogen) atoms. The molecule has 0 saturated heterocycles. The molecule has 0 aliphatic rings. The third-order valence-corrected chi connectivity index (χ3v) is 4.22. The van der Waals surface area contributed by atoms with Crippen molar-refractivity contribution in [1.29, 1.82) is 0 Å². The lowest BCUT2D eigenvalue weighted by Gasteiger charge is -2.05. The number of rotatable bonds is 5. The number of benzene rings is 2. The van der Waals surface area contributed by atoms with Gasteiger partial charge in [0.25, 0.3) is 5.91 Å². The predicted octanol–water partition coefficient (Wildman–Crippen LogP) is 3.86. The molecule has 0 aliphatic carbocycles. The summed E-state index contributed by atoms with van der Waals surface area (Å²) in [5, 5.41) is 7.29. The summed E-state index contributed by atoms with van der Waals surface area (Å²) in [6.07, 6.45) is 5.28. The summed E-state index contributed by atoms with van der Waals surface area (Å²) in [7, 11) is 0. The second kappa shape index (κ2) is 7.66. The monoisotopic (exact) mass is 354 g/mol. The average molecular weight is 354 g/mol. The van der Waals surface area contributed by atoms with Gasteiger partial charge in [0, 0.05) is 24.5 Å². The molecule has 0 aliphatic heterocycles. The van der Waals surface area contributed by atoms with Crippen molar-refractivity contribution in [3.8, 4) is 16.9 Å². The Labute approximate surface area is 157 Å². The lowest BCUT2D eigenvalue weighted by Crippen LogP contribution is -2.22. The van der Waals surface area contributed by atoms with Crippen LogP contribution in [0.1, 0.15) is 15.9 Å². The van der Waals surface area contributed by atoms with E-state index in [0.29, 0.717) is 12.1 Å². The zero-order valence-corrected chi connectivity index (χ0v) is 14.6. The first-order chi connectivity index (χ1) is 13.3. The number of amides is 1. The predicted molar refractivity (Wildman–Crippen MR) is 104 cm³/mol. The van der Waals surface area contributed by atoms with Crippen molar-refractivity contribution in [2.24, 2.45) is 0 Å². The van der Waals surface area contributed by atoms with Gasteiger partial charge >= 0.3 is 0 Å². The number of hydrogen-bond acceptors (Lipinski definition) is 3. The molecule has 4 aromatic rings. The lowest BCUT2D eigenvalue weighted by atomic mass is 10.2. The van der Waals surface area contributed by atoms with Crippen molar-refractivity contribution >= 4 is 5.91 Å². The summed E-state index contributed by atoms with van der Waals surface area (Å²) in [5.41, 5.74) is 4.25. The highest BCUT2D eigenvalue weighted by Gasteiger charge is 2.08. The highest BCUT2D eigenvalue weighted by molar-refractivity contribution is 5.94. The van der Waals surface area contributed by atoms with Gasteiger partial charge in [-0.15, -0.1) is 0 Å². The van der Waals surface area contributed by atoms with Gasteiger partial charge in [0.05, 0.1) is 23.1 Å². The van der Waals surface area contributed by atoms with Crippen LogP contribution in [0.3, 0.4) is 0 Å². The first kappa shape index (κ1) is 16.7. The number of carbonyl (C=O) groups excluding carboxylic acids is 1. The van der Waals surface area contributed by atoms with E-state index < -0.39 is 0 Å². The van der Waals surface area contributed by atoms with Crippen LogP contribution in [0.5, 0.6) is 0 Å². The molecular formula is C22H18N4O. The fourth-order valence-corrected chi connectivity index (χ4v) is 2.76. The maximum Gasteiger partial charge on any atom is 0.253 e. The Bertz CT molecular complexity index is 1020. The Kier molecular flexibility index (Phi) is 4.74. The van der Waals surface area contributed by atoms with Crippen molar-refractivity contribution in [2.45, 2.75) is 6.54 Å². The summed E-state index contributed by atoms with van der Waals surface area (Å²) in [6, 6.07) is 23.3. The number of carbonyl (C=O) groups is 1. The maximum absolute atomic E-state index is 12.3.